The summed E-state index contributed by atoms with van der Waals surface area (Å²) in [5.74, 6) is -0.238. The first-order valence-corrected chi connectivity index (χ1v) is 5.97. The van der Waals surface area contributed by atoms with Gasteiger partial charge in [0.25, 0.3) is 0 Å². The summed E-state index contributed by atoms with van der Waals surface area (Å²) in [6, 6.07) is 16.7. The van der Waals surface area contributed by atoms with E-state index in [9.17, 15) is 10.1 Å². The molecule has 0 amide bonds. The first-order valence-electron chi connectivity index (χ1n) is 5.59. The van der Waals surface area contributed by atoms with Crippen LogP contribution in [0.3, 0.4) is 0 Å². The molecule has 3 nitrogen and oxygen atoms in total. The topological polar surface area (TPSA) is 43.1 Å². The van der Waals surface area contributed by atoms with Crippen LogP contribution in [0.5, 0.6) is 0 Å². The van der Waals surface area contributed by atoms with Gasteiger partial charge in [-0.2, -0.15) is 0 Å². The van der Waals surface area contributed by atoms with Crippen LogP contribution in [0.15, 0.2) is 54.6 Å². The first kappa shape index (κ1) is 12.6. The van der Waals surface area contributed by atoms with E-state index >= 15 is 0 Å². The lowest BCUT2D eigenvalue weighted by molar-refractivity contribution is -0.481. The van der Waals surface area contributed by atoms with Gasteiger partial charge in [-0.3, -0.25) is 10.1 Å². The van der Waals surface area contributed by atoms with Crippen molar-refractivity contribution in [3.05, 3.63) is 80.9 Å². The predicted octanol–water partition coefficient (Wildman–Crippen LogP) is 3.75. The molecule has 0 spiro atoms. The minimum atomic E-state index is -0.285. The van der Waals surface area contributed by atoms with E-state index < -0.39 is 0 Å². The maximum atomic E-state index is 10.8. The molecular weight excluding hydrogens is 250 g/mol. The molecule has 0 aliphatic carbocycles. The lowest BCUT2D eigenvalue weighted by Gasteiger charge is -2.13. The molecular formula is C14H12ClNO2. The van der Waals surface area contributed by atoms with E-state index in [-0.39, 0.29) is 17.4 Å². The van der Waals surface area contributed by atoms with Gasteiger partial charge in [0.15, 0.2) is 0 Å². The Labute approximate surface area is 110 Å². The second-order valence-corrected chi connectivity index (χ2v) is 4.47. The van der Waals surface area contributed by atoms with Crippen LogP contribution in [0.2, 0.25) is 5.02 Å². The third kappa shape index (κ3) is 3.08. The van der Waals surface area contributed by atoms with Crippen molar-refractivity contribution in [1.29, 1.82) is 0 Å². The van der Waals surface area contributed by atoms with Crippen LogP contribution in [-0.4, -0.2) is 11.5 Å². The predicted molar refractivity (Wildman–Crippen MR) is 71.6 cm³/mol. The Morgan fingerprint density at radius 3 is 2.11 bits per heavy atom. The van der Waals surface area contributed by atoms with Gasteiger partial charge in [-0.1, -0.05) is 54.1 Å². The third-order valence-corrected chi connectivity index (χ3v) is 3.06. The van der Waals surface area contributed by atoms with Gasteiger partial charge in [-0.15, -0.1) is 0 Å². The van der Waals surface area contributed by atoms with E-state index in [1.54, 1.807) is 12.1 Å². The fourth-order valence-corrected chi connectivity index (χ4v) is 2.06. The smallest absolute Gasteiger partial charge is 0.214 e. The van der Waals surface area contributed by atoms with Crippen LogP contribution in [0, 0.1) is 10.1 Å². The maximum absolute atomic E-state index is 10.8. The molecule has 4 heteroatoms. The Bertz CT molecular complexity index is 525. The van der Waals surface area contributed by atoms with Crippen LogP contribution >= 0.6 is 11.6 Å². The van der Waals surface area contributed by atoms with Crippen molar-refractivity contribution in [2.24, 2.45) is 0 Å². The fraction of sp³-hybridized carbons (Fsp3) is 0.143. The number of nitrogens with zero attached hydrogens (tertiary/aromatic N) is 1. The number of halogens is 1. The summed E-state index contributed by atoms with van der Waals surface area (Å²) in [7, 11) is 0. The van der Waals surface area contributed by atoms with Gasteiger partial charge in [-0.05, 0) is 23.3 Å². The minimum Gasteiger partial charge on any atom is -0.265 e. The Morgan fingerprint density at radius 1 is 1.00 bits per heavy atom. The average Bonchev–Trinajstić information content (AvgIpc) is 2.38. The summed E-state index contributed by atoms with van der Waals surface area (Å²) < 4.78 is 0. The number of hydrogen-bond donors (Lipinski definition) is 0. The Balaban J connectivity index is 2.36. The van der Waals surface area contributed by atoms with Crippen molar-refractivity contribution in [3.63, 3.8) is 0 Å². The van der Waals surface area contributed by atoms with E-state index in [1.807, 2.05) is 42.5 Å². The van der Waals surface area contributed by atoms with Gasteiger partial charge in [0, 0.05) is 9.95 Å². The second-order valence-electron chi connectivity index (χ2n) is 4.03. The molecule has 1 unspecified atom stereocenters. The molecule has 18 heavy (non-hydrogen) atoms. The SMILES string of the molecule is O=[N+]([O-])CC(c1ccccc1)c1ccc(Cl)cc1. The second kappa shape index (κ2) is 5.65. The van der Waals surface area contributed by atoms with Crippen LogP contribution < -0.4 is 0 Å². The van der Waals surface area contributed by atoms with Crippen LogP contribution in [0.25, 0.3) is 0 Å². The molecule has 0 aromatic heterocycles. The summed E-state index contributed by atoms with van der Waals surface area (Å²) >= 11 is 5.83. The van der Waals surface area contributed by atoms with Crippen molar-refractivity contribution in [2.45, 2.75) is 5.92 Å². The molecule has 2 aromatic carbocycles. The van der Waals surface area contributed by atoms with E-state index in [4.69, 9.17) is 11.6 Å². The van der Waals surface area contributed by atoms with Gasteiger partial charge in [-0.25, -0.2) is 0 Å². The Kier molecular flexibility index (Phi) is 3.95. The molecule has 0 aliphatic rings. The monoisotopic (exact) mass is 261 g/mol. The van der Waals surface area contributed by atoms with Crippen molar-refractivity contribution in [1.82, 2.24) is 0 Å². The first-order chi connectivity index (χ1) is 8.66. The summed E-state index contributed by atoms with van der Waals surface area (Å²) in [6.07, 6.45) is 0. The van der Waals surface area contributed by atoms with Crippen LogP contribution in [0.1, 0.15) is 17.0 Å². The molecule has 92 valence electrons. The van der Waals surface area contributed by atoms with Gasteiger partial charge >= 0.3 is 0 Å². The lowest BCUT2D eigenvalue weighted by atomic mass is 9.91. The van der Waals surface area contributed by atoms with Gasteiger partial charge in [0.2, 0.25) is 6.54 Å². The van der Waals surface area contributed by atoms with Gasteiger partial charge < -0.3 is 0 Å². The zero-order chi connectivity index (χ0) is 13.0. The molecule has 0 heterocycles. The van der Waals surface area contributed by atoms with Gasteiger partial charge in [0.05, 0.1) is 5.92 Å². The summed E-state index contributed by atoms with van der Waals surface area (Å²) in [6.45, 7) is -0.119. The van der Waals surface area contributed by atoms with E-state index in [2.05, 4.69) is 0 Å². The average molecular weight is 262 g/mol. The highest BCUT2D eigenvalue weighted by Gasteiger charge is 2.19. The molecule has 0 saturated carbocycles. The normalized spacial score (nSPS) is 12.1. The third-order valence-electron chi connectivity index (χ3n) is 2.81. The molecule has 0 saturated heterocycles. The molecule has 0 fully saturated rings. The van der Waals surface area contributed by atoms with Crippen molar-refractivity contribution in [2.75, 3.05) is 6.54 Å². The van der Waals surface area contributed by atoms with Crippen molar-refractivity contribution < 1.29 is 4.92 Å². The zero-order valence-corrected chi connectivity index (χ0v) is 10.4. The van der Waals surface area contributed by atoms with E-state index in [0.29, 0.717) is 5.02 Å². The number of nitro groups is 1. The van der Waals surface area contributed by atoms with Gasteiger partial charge in [0.1, 0.15) is 0 Å². The highest BCUT2D eigenvalue weighted by molar-refractivity contribution is 6.30. The minimum absolute atomic E-state index is 0.119. The molecule has 0 N–H and O–H groups in total. The molecule has 2 aromatic rings. The molecule has 2 rings (SSSR count). The lowest BCUT2D eigenvalue weighted by Crippen LogP contribution is -2.13. The fourth-order valence-electron chi connectivity index (χ4n) is 1.93. The summed E-state index contributed by atoms with van der Waals surface area (Å²) in [5.41, 5.74) is 1.85. The van der Waals surface area contributed by atoms with E-state index in [0.717, 1.165) is 11.1 Å². The summed E-state index contributed by atoms with van der Waals surface area (Å²) in [5, 5.41) is 11.4. The van der Waals surface area contributed by atoms with Crippen molar-refractivity contribution in [3.8, 4) is 0 Å². The molecule has 0 aliphatic heterocycles. The number of hydrogen-bond acceptors (Lipinski definition) is 2. The molecule has 1 atom stereocenters. The Hall–Kier alpha value is -1.87. The highest BCUT2D eigenvalue weighted by atomic mass is 35.5. The standard InChI is InChI=1S/C14H12ClNO2/c15-13-8-6-12(7-9-13)14(10-16(17)18)11-4-2-1-3-5-11/h1-9,14H,10H2. The van der Waals surface area contributed by atoms with Crippen LogP contribution in [0.4, 0.5) is 0 Å². The van der Waals surface area contributed by atoms with Crippen molar-refractivity contribution >= 4 is 11.6 Å². The number of rotatable bonds is 4. The van der Waals surface area contributed by atoms with Crippen LogP contribution in [-0.2, 0) is 0 Å². The molecule has 0 radical (unpaired) electrons. The highest BCUT2D eigenvalue weighted by Crippen LogP contribution is 2.25. The zero-order valence-electron chi connectivity index (χ0n) is 9.62. The summed E-state index contributed by atoms with van der Waals surface area (Å²) in [4.78, 5) is 10.5. The number of benzene rings is 2. The largest absolute Gasteiger partial charge is 0.265 e. The quantitative estimate of drug-likeness (QED) is 0.621. The van der Waals surface area contributed by atoms with E-state index in [1.165, 1.54) is 0 Å². The Morgan fingerprint density at radius 2 is 1.56 bits per heavy atom. The molecule has 0 bridgehead atoms. The maximum Gasteiger partial charge on any atom is 0.214 e.